The maximum atomic E-state index is 12.5. The van der Waals surface area contributed by atoms with E-state index in [0.717, 1.165) is 42.5 Å². The number of aromatic nitrogens is 3. The summed E-state index contributed by atoms with van der Waals surface area (Å²) in [5, 5.41) is 8.14. The van der Waals surface area contributed by atoms with Gasteiger partial charge in [-0.25, -0.2) is 9.97 Å². The number of anilines is 2. The van der Waals surface area contributed by atoms with Crippen LogP contribution in [0.3, 0.4) is 0 Å². The first-order valence-electron chi connectivity index (χ1n) is 11.2. The molecule has 0 saturated carbocycles. The van der Waals surface area contributed by atoms with Gasteiger partial charge in [-0.15, -0.1) is 0 Å². The number of hydrogen-bond acceptors (Lipinski definition) is 6. The highest BCUT2D eigenvalue weighted by molar-refractivity contribution is 6.48. The molecule has 2 aliphatic heterocycles. The first-order chi connectivity index (χ1) is 16.5. The number of piperazine rings is 1. The Balaban J connectivity index is 1.78. The van der Waals surface area contributed by atoms with Gasteiger partial charge in [0.15, 0.2) is 5.82 Å². The predicted octanol–water partition coefficient (Wildman–Crippen LogP) is 3.87. The summed E-state index contributed by atoms with van der Waals surface area (Å²) >= 11 is 6.39. The topological polar surface area (TPSA) is 89.2 Å². The number of H-pyrrole nitrogens is 1. The van der Waals surface area contributed by atoms with E-state index in [9.17, 15) is 4.79 Å². The molecule has 0 spiro atoms. The van der Waals surface area contributed by atoms with Crippen molar-refractivity contribution >= 4 is 56.0 Å². The number of carbonyl (C=O) groups is 1. The molecule has 34 heavy (non-hydrogen) atoms. The highest BCUT2D eigenvalue weighted by atomic mass is 35.5. The third-order valence-electron chi connectivity index (χ3n) is 6.08. The molecule has 0 aliphatic carbocycles. The molecule has 6 bridgehead atoms. The van der Waals surface area contributed by atoms with Gasteiger partial charge in [0.05, 0.1) is 21.6 Å². The molecule has 2 aromatic carbocycles. The average Bonchev–Trinajstić information content (AvgIpc) is 2.85. The molecule has 3 aromatic rings. The Morgan fingerprint density at radius 2 is 1.82 bits per heavy atom. The summed E-state index contributed by atoms with van der Waals surface area (Å²) in [6.45, 7) is 4.00. The fourth-order valence-electron chi connectivity index (χ4n) is 4.14. The Kier molecular flexibility index (Phi) is 6.08. The number of likely N-dealkylation sites (N-methyl/N-ethyl adjacent to an activating group) is 1. The minimum Gasteiger partial charge on any atom is -0.368 e. The van der Waals surface area contributed by atoms with Gasteiger partial charge in [0.2, 0.25) is 5.95 Å². The van der Waals surface area contributed by atoms with Gasteiger partial charge >= 0.3 is 0 Å². The van der Waals surface area contributed by atoms with Gasteiger partial charge in [-0.05, 0) is 48.2 Å². The quantitative estimate of drug-likeness (QED) is 0.521. The van der Waals surface area contributed by atoms with Crippen LogP contribution in [0, 0.1) is 0 Å². The molecule has 9 heteroatoms. The van der Waals surface area contributed by atoms with Crippen LogP contribution in [0.1, 0.15) is 16.2 Å². The Hall–Kier alpha value is -3.62. The molecule has 1 amide bonds. The third-order valence-corrected chi connectivity index (χ3v) is 6.36. The summed E-state index contributed by atoms with van der Waals surface area (Å²) in [7, 11) is 3.75. The summed E-state index contributed by atoms with van der Waals surface area (Å²) in [6, 6.07) is 15.9. The van der Waals surface area contributed by atoms with Crippen LogP contribution in [0.4, 0.5) is 11.6 Å². The van der Waals surface area contributed by atoms with E-state index >= 15 is 0 Å². The Morgan fingerprint density at radius 3 is 2.62 bits per heavy atom. The zero-order valence-corrected chi connectivity index (χ0v) is 19.9. The number of hydrogen-bond donors (Lipinski definition) is 3. The van der Waals surface area contributed by atoms with Crippen LogP contribution < -0.4 is 15.5 Å². The molecule has 3 heterocycles. The van der Waals surface area contributed by atoms with E-state index < -0.39 is 0 Å². The first kappa shape index (κ1) is 22.2. The lowest BCUT2D eigenvalue weighted by Crippen LogP contribution is -2.44. The van der Waals surface area contributed by atoms with Crippen LogP contribution in [0.2, 0.25) is 0 Å². The second kappa shape index (κ2) is 9.32. The number of carbonyl (C=O) groups excluding carboxylic acids is 1. The molecular weight excluding hydrogens is 450 g/mol. The van der Waals surface area contributed by atoms with Crippen molar-refractivity contribution in [1.29, 1.82) is 0 Å². The highest BCUT2D eigenvalue weighted by Crippen LogP contribution is 2.26. The predicted molar refractivity (Wildman–Crippen MR) is 138 cm³/mol. The number of benzene rings is 2. The van der Waals surface area contributed by atoms with Gasteiger partial charge in [0.25, 0.3) is 5.91 Å². The van der Waals surface area contributed by atoms with Crippen molar-refractivity contribution in [1.82, 2.24) is 25.2 Å². The lowest BCUT2D eigenvalue weighted by molar-refractivity contribution is 0.0964. The fourth-order valence-corrected chi connectivity index (χ4v) is 4.28. The third kappa shape index (κ3) is 4.55. The number of fused-ring (bicyclic) bond motifs is 6. The lowest BCUT2D eigenvalue weighted by atomic mass is 10.1. The second-order valence-corrected chi connectivity index (χ2v) is 8.81. The molecular formula is C25H26ClN7O. The monoisotopic (exact) mass is 475 g/mol. The van der Waals surface area contributed by atoms with Crippen LogP contribution in [0.15, 0.2) is 54.7 Å². The Bertz CT molecular complexity index is 1390. The number of rotatable bonds is 2. The van der Waals surface area contributed by atoms with Crippen molar-refractivity contribution in [2.24, 2.45) is 0 Å². The van der Waals surface area contributed by atoms with E-state index in [1.807, 2.05) is 24.3 Å². The average molecular weight is 476 g/mol. The molecule has 0 radical (unpaired) electrons. The van der Waals surface area contributed by atoms with E-state index in [0.29, 0.717) is 27.9 Å². The zero-order chi connectivity index (χ0) is 23.7. The maximum absolute atomic E-state index is 12.5. The van der Waals surface area contributed by atoms with Crippen LogP contribution in [0.5, 0.6) is 0 Å². The molecule has 0 unspecified atom stereocenters. The van der Waals surface area contributed by atoms with Crippen molar-refractivity contribution in [3.8, 4) is 0 Å². The van der Waals surface area contributed by atoms with Gasteiger partial charge in [-0.1, -0.05) is 29.8 Å². The van der Waals surface area contributed by atoms with E-state index in [4.69, 9.17) is 16.6 Å². The summed E-state index contributed by atoms with van der Waals surface area (Å²) < 4.78 is 0. The summed E-state index contributed by atoms with van der Waals surface area (Å²) in [4.78, 5) is 29.8. The number of nitrogens with zero attached hydrogens (tertiary/aromatic N) is 4. The molecule has 1 fully saturated rings. The summed E-state index contributed by atoms with van der Waals surface area (Å²) in [5.41, 5.74) is 2.95. The van der Waals surface area contributed by atoms with Gasteiger partial charge in [-0.3, -0.25) is 4.79 Å². The van der Waals surface area contributed by atoms with Gasteiger partial charge in [0.1, 0.15) is 0 Å². The van der Waals surface area contributed by atoms with Crippen LogP contribution in [-0.2, 0) is 0 Å². The summed E-state index contributed by atoms with van der Waals surface area (Å²) in [6.07, 6.45) is 1.64. The maximum Gasteiger partial charge on any atom is 0.253 e. The summed E-state index contributed by atoms with van der Waals surface area (Å²) in [5.74, 6) is 0.701. The molecule has 8 nitrogen and oxygen atoms in total. The molecule has 5 rings (SSSR count). The molecule has 0 atom stereocenters. The number of aromatic amines is 1. The van der Waals surface area contributed by atoms with Gasteiger partial charge in [-0.2, -0.15) is 0 Å². The first-order valence-corrected chi connectivity index (χ1v) is 11.6. The molecule has 2 aliphatic rings. The molecule has 1 saturated heterocycles. The van der Waals surface area contributed by atoms with E-state index in [1.54, 1.807) is 19.3 Å². The fraction of sp³-hybridized carbons (Fsp3) is 0.240. The van der Waals surface area contributed by atoms with Crippen molar-refractivity contribution in [2.45, 2.75) is 0 Å². The van der Waals surface area contributed by atoms with E-state index in [2.05, 4.69) is 55.6 Å². The van der Waals surface area contributed by atoms with E-state index in [1.165, 1.54) is 5.69 Å². The minimum atomic E-state index is -0.217. The highest BCUT2D eigenvalue weighted by Gasteiger charge is 2.16. The Labute approximate surface area is 202 Å². The number of amides is 1. The standard InChI is InChI=1S/C25H26ClN7O/c1-27-24(34)19-7-4-16-3-5-17-14-18(6-8-22(17)33-11-9-32(2)10-12-33)29-25-28-15-20(26)23(31-25)30-21(19)13-16/h3-8,13-15H,9-12H2,1-2H3,(H,27,34)(H2,28,29,30,31). The second-order valence-electron chi connectivity index (χ2n) is 8.40. The Morgan fingerprint density at radius 1 is 1.03 bits per heavy atom. The van der Waals surface area contributed by atoms with Crippen LogP contribution in [-0.4, -0.2) is 66.0 Å². The molecule has 174 valence electrons. The van der Waals surface area contributed by atoms with Crippen molar-refractivity contribution in [3.63, 3.8) is 0 Å². The SMILES string of the molecule is CNC(=O)c1ccc2ccc3cc(ccc3N3CCN(C)CC3)nc3[nH]c(nc1c2)C(Cl)=CN3. The smallest absolute Gasteiger partial charge is 0.253 e. The van der Waals surface area contributed by atoms with Gasteiger partial charge in [0, 0.05) is 45.1 Å². The number of halogens is 1. The van der Waals surface area contributed by atoms with Crippen LogP contribution in [0.25, 0.3) is 26.8 Å². The van der Waals surface area contributed by atoms with Crippen molar-refractivity contribution < 1.29 is 4.79 Å². The normalized spacial score (nSPS) is 15.4. The molecule has 3 N–H and O–H groups in total. The van der Waals surface area contributed by atoms with Gasteiger partial charge < -0.3 is 25.4 Å². The van der Waals surface area contributed by atoms with E-state index in [-0.39, 0.29) is 5.91 Å². The van der Waals surface area contributed by atoms with Crippen LogP contribution >= 0.6 is 11.6 Å². The zero-order valence-electron chi connectivity index (χ0n) is 19.1. The largest absolute Gasteiger partial charge is 0.368 e. The lowest BCUT2D eigenvalue weighted by Gasteiger charge is -2.34. The molecule has 1 aromatic heterocycles. The number of nitrogens with one attached hydrogen (secondary N) is 3. The van der Waals surface area contributed by atoms with Crippen molar-refractivity contribution in [2.75, 3.05) is 50.5 Å². The minimum absolute atomic E-state index is 0.217. The van der Waals surface area contributed by atoms with Crippen molar-refractivity contribution in [3.05, 3.63) is 66.1 Å².